The first kappa shape index (κ1) is 46.1. The highest BCUT2D eigenvalue weighted by atomic mass is 16.6. The van der Waals surface area contributed by atoms with Gasteiger partial charge in [0.25, 0.3) is 0 Å². The quantitative estimate of drug-likeness (QED) is 0.0333. The van der Waals surface area contributed by atoms with Gasteiger partial charge in [0.05, 0.1) is 26.2 Å². The number of aliphatic imine (C=N–C) groups is 2. The third kappa shape index (κ3) is 16.8. The molecule has 2 amide bonds. The summed E-state index contributed by atoms with van der Waals surface area (Å²) in [6, 6.07) is 8.01. The number of nitrogens with zero attached hydrogens (tertiary/aromatic N) is 3. The molecule has 13 heteroatoms. The first-order valence-electron chi connectivity index (χ1n) is 20.7. The Balaban J connectivity index is 1.61. The molecule has 0 saturated carbocycles. The number of guanidine groups is 2. The maximum absolute atomic E-state index is 13.7. The van der Waals surface area contributed by atoms with E-state index in [0.29, 0.717) is 19.4 Å². The summed E-state index contributed by atoms with van der Waals surface area (Å²) in [6.45, 7) is 15.7. The topological polar surface area (TPSA) is 152 Å². The second kappa shape index (κ2) is 23.1. The Bertz CT molecular complexity index is 1430. The first-order chi connectivity index (χ1) is 26.6. The fraction of sp³-hybridized carbons (Fsp3) is 0.698. The number of carbonyl (C=O) groups is 3. The fourth-order valence-electron chi connectivity index (χ4n) is 6.91. The number of alkyl carbamates (subject to hydrolysis) is 2. The lowest BCUT2D eigenvalue weighted by Crippen LogP contribution is -2.63. The van der Waals surface area contributed by atoms with Crippen LogP contribution in [-0.2, 0) is 25.5 Å². The zero-order chi connectivity index (χ0) is 41.1. The van der Waals surface area contributed by atoms with Crippen molar-refractivity contribution in [1.82, 2.24) is 20.9 Å². The number of fused-ring (bicyclic) bond motifs is 1. The van der Waals surface area contributed by atoms with Crippen LogP contribution in [-0.4, -0.2) is 84.6 Å². The molecule has 13 nitrogen and oxygen atoms in total. The van der Waals surface area contributed by atoms with Gasteiger partial charge in [0, 0.05) is 24.7 Å². The molecule has 4 atom stereocenters. The van der Waals surface area contributed by atoms with E-state index in [1.165, 1.54) is 38.5 Å². The van der Waals surface area contributed by atoms with Crippen molar-refractivity contribution >= 4 is 30.1 Å². The standard InChI is InChI=1S/C43H70N6O7/c1-10-11-12-13-14-15-16-17-18-21-33-24-27-35-36(31(2)46-39(49(33)35)45-30-32-22-25-34(53-9)26-23-32)37(50)54-29-20-19-28-44-38(47-40(51)55-42(3,4)5)48-41(52)56-43(6,7)8/h17-18,22-23,25-26,31,33,35-36H,10-16,19-21,24,27-30H2,1-9H3,(H,45,46)(H2,44,47,48,51,52)/b18-17+/t31-,33-,35+,36+/m1/s1. The molecular formula is C43H70N6O7. The van der Waals surface area contributed by atoms with E-state index in [9.17, 15) is 14.4 Å². The molecule has 0 aromatic heterocycles. The third-order valence-electron chi connectivity index (χ3n) is 9.55. The van der Waals surface area contributed by atoms with Crippen molar-refractivity contribution < 1.29 is 33.3 Å². The molecule has 3 rings (SSSR count). The minimum Gasteiger partial charge on any atom is -0.497 e. The molecular weight excluding hydrogens is 713 g/mol. The Morgan fingerprint density at radius 3 is 2.14 bits per heavy atom. The lowest BCUT2D eigenvalue weighted by Gasteiger charge is -2.44. The summed E-state index contributed by atoms with van der Waals surface area (Å²) in [5, 5.41) is 8.56. The van der Waals surface area contributed by atoms with Crippen LogP contribution in [0.5, 0.6) is 5.75 Å². The van der Waals surface area contributed by atoms with E-state index >= 15 is 0 Å². The zero-order valence-electron chi connectivity index (χ0n) is 35.6. The average Bonchev–Trinajstić information content (AvgIpc) is 3.53. The summed E-state index contributed by atoms with van der Waals surface area (Å²) in [7, 11) is 1.66. The summed E-state index contributed by atoms with van der Waals surface area (Å²) in [6.07, 6.45) is 15.8. The summed E-state index contributed by atoms with van der Waals surface area (Å²) in [5.41, 5.74) is -0.386. The largest absolute Gasteiger partial charge is 0.497 e. The molecule has 0 radical (unpaired) electrons. The third-order valence-corrected chi connectivity index (χ3v) is 9.55. The minimum atomic E-state index is -0.752. The second-order valence-corrected chi connectivity index (χ2v) is 16.8. The normalized spacial score (nSPS) is 20.2. The van der Waals surface area contributed by atoms with E-state index in [1.807, 2.05) is 31.2 Å². The van der Waals surface area contributed by atoms with Gasteiger partial charge in [0.2, 0.25) is 5.96 Å². The van der Waals surface area contributed by atoms with E-state index in [0.717, 1.165) is 43.0 Å². The monoisotopic (exact) mass is 783 g/mol. The van der Waals surface area contributed by atoms with Gasteiger partial charge in [0.15, 0.2) is 5.96 Å². The van der Waals surface area contributed by atoms with E-state index in [1.54, 1.807) is 48.7 Å². The van der Waals surface area contributed by atoms with Crippen LogP contribution in [0.1, 0.15) is 138 Å². The molecule has 2 heterocycles. The van der Waals surface area contributed by atoms with Gasteiger partial charge in [-0.05, 0) is 111 Å². The van der Waals surface area contributed by atoms with Crippen molar-refractivity contribution in [2.45, 2.75) is 168 Å². The number of allylic oxidation sites excluding steroid dienone is 1. The van der Waals surface area contributed by atoms with E-state index in [2.05, 4.69) is 44.9 Å². The number of amides is 2. The average molecular weight is 783 g/mol. The number of hydrogen-bond donors (Lipinski definition) is 3. The number of unbranched alkanes of at least 4 members (excludes halogenated alkanes) is 7. The fourth-order valence-corrected chi connectivity index (χ4v) is 6.91. The number of esters is 1. The zero-order valence-corrected chi connectivity index (χ0v) is 35.6. The number of rotatable bonds is 18. The SMILES string of the molecule is CCCCCCCC/C=C/C[C@@H]1CC[C@H]2[C@@H](C(=O)OCCCCN=C(NC(=O)OC(C)(C)C)NC(=O)OC(C)(C)C)[C@@H](C)NC(=NCc3ccc(OC)cc3)N12. The summed E-state index contributed by atoms with van der Waals surface area (Å²) in [5.74, 6) is 0.985. The number of nitrogens with one attached hydrogen (secondary N) is 3. The Kier molecular flexibility index (Phi) is 19.0. The van der Waals surface area contributed by atoms with Gasteiger partial charge in [-0.15, -0.1) is 0 Å². The predicted molar refractivity (Wildman–Crippen MR) is 222 cm³/mol. The van der Waals surface area contributed by atoms with Crippen molar-refractivity contribution in [3.63, 3.8) is 0 Å². The maximum Gasteiger partial charge on any atom is 0.414 e. The van der Waals surface area contributed by atoms with Crippen molar-refractivity contribution in [3.05, 3.63) is 42.0 Å². The van der Waals surface area contributed by atoms with Gasteiger partial charge < -0.3 is 29.2 Å². The van der Waals surface area contributed by atoms with Crippen LogP contribution in [0, 0.1) is 5.92 Å². The number of benzene rings is 1. The molecule has 2 aliphatic rings. The van der Waals surface area contributed by atoms with Crippen LogP contribution in [0.3, 0.4) is 0 Å². The van der Waals surface area contributed by atoms with Crippen LogP contribution in [0.2, 0.25) is 0 Å². The number of methoxy groups -OCH3 is 1. The summed E-state index contributed by atoms with van der Waals surface area (Å²) in [4.78, 5) is 50.3. The second-order valence-electron chi connectivity index (χ2n) is 16.8. The molecule has 314 valence electrons. The van der Waals surface area contributed by atoms with Gasteiger partial charge in [-0.3, -0.25) is 20.4 Å². The van der Waals surface area contributed by atoms with Crippen LogP contribution in [0.4, 0.5) is 9.59 Å². The van der Waals surface area contributed by atoms with Crippen molar-refractivity contribution in [1.29, 1.82) is 0 Å². The minimum absolute atomic E-state index is 0.0182. The smallest absolute Gasteiger partial charge is 0.414 e. The molecule has 3 N–H and O–H groups in total. The van der Waals surface area contributed by atoms with Gasteiger partial charge >= 0.3 is 18.2 Å². The number of ether oxygens (including phenoxy) is 4. The Morgan fingerprint density at radius 1 is 0.875 bits per heavy atom. The molecule has 2 aliphatic heterocycles. The Labute approximate surface area is 335 Å². The molecule has 2 saturated heterocycles. The van der Waals surface area contributed by atoms with E-state index in [4.69, 9.17) is 23.9 Å². The van der Waals surface area contributed by atoms with Crippen LogP contribution in [0.15, 0.2) is 46.4 Å². The van der Waals surface area contributed by atoms with Gasteiger partial charge in [-0.1, -0.05) is 63.3 Å². The Hall–Kier alpha value is -4.29. The molecule has 0 bridgehead atoms. The highest BCUT2D eigenvalue weighted by molar-refractivity contribution is 6.01. The molecule has 0 unspecified atom stereocenters. The molecule has 0 aliphatic carbocycles. The van der Waals surface area contributed by atoms with Gasteiger partial charge in [-0.2, -0.15) is 0 Å². The van der Waals surface area contributed by atoms with Gasteiger partial charge in [-0.25, -0.2) is 14.6 Å². The van der Waals surface area contributed by atoms with E-state index in [-0.39, 0.29) is 49.1 Å². The van der Waals surface area contributed by atoms with Crippen LogP contribution >= 0.6 is 0 Å². The predicted octanol–water partition coefficient (Wildman–Crippen LogP) is 8.42. The molecule has 0 spiro atoms. The molecule has 2 fully saturated rings. The highest BCUT2D eigenvalue weighted by Crippen LogP contribution is 2.36. The van der Waals surface area contributed by atoms with E-state index < -0.39 is 23.4 Å². The lowest BCUT2D eigenvalue weighted by molar-refractivity contribution is -0.152. The number of hydrogen-bond acceptors (Lipinski definition) is 9. The first-order valence-corrected chi connectivity index (χ1v) is 20.7. The highest BCUT2D eigenvalue weighted by Gasteiger charge is 2.49. The molecule has 56 heavy (non-hydrogen) atoms. The lowest BCUT2D eigenvalue weighted by atomic mass is 9.89. The summed E-state index contributed by atoms with van der Waals surface area (Å²) >= 11 is 0. The van der Waals surface area contributed by atoms with Crippen molar-refractivity contribution in [3.8, 4) is 5.75 Å². The Morgan fingerprint density at radius 2 is 1.52 bits per heavy atom. The van der Waals surface area contributed by atoms with Gasteiger partial charge in [0.1, 0.15) is 17.0 Å². The summed E-state index contributed by atoms with van der Waals surface area (Å²) < 4.78 is 21.8. The van der Waals surface area contributed by atoms with Crippen molar-refractivity contribution in [2.24, 2.45) is 15.9 Å². The molecule has 1 aromatic rings. The maximum atomic E-state index is 13.7. The molecule has 1 aromatic carbocycles. The van der Waals surface area contributed by atoms with Crippen LogP contribution < -0.4 is 20.7 Å². The number of carbonyl (C=O) groups excluding carboxylic acids is 3. The van der Waals surface area contributed by atoms with Crippen LogP contribution in [0.25, 0.3) is 0 Å². The van der Waals surface area contributed by atoms with Crippen molar-refractivity contribution in [2.75, 3.05) is 20.3 Å².